The van der Waals surface area contributed by atoms with Crippen LogP contribution in [0.2, 0.25) is 5.02 Å². The van der Waals surface area contributed by atoms with E-state index in [2.05, 4.69) is 9.98 Å². The largest absolute Gasteiger partial charge is 0.462 e. The van der Waals surface area contributed by atoms with E-state index in [4.69, 9.17) is 22.1 Å². The van der Waals surface area contributed by atoms with Gasteiger partial charge in [0.15, 0.2) is 11.3 Å². The second-order valence-electron chi connectivity index (χ2n) is 8.23. The first-order valence-corrected chi connectivity index (χ1v) is 10.3. The van der Waals surface area contributed by atoms with E-state index in [1.807, 2.05) is 13.8 Å². The number of Topliss-reactive ketones (excluding diaryl/α,β-unsaturated/α-hetero) is 1. The Bertz CT molecular complexity index is 1080. The molecule has 0 saturated heterocycles. The number of hydrogen-bond donors (Lipinski definition) is 1. The van der Waals surface area contributed by atoms with Crippen molar-refractivity contribution in [3.8, 4) is 0 Å². The lowest BCUT2D eigenvalue weighted by molar-refractivity contribution is 0.0176. The van der Waals surface area contributed by atoms with Crippen LogP contribution in [0.5, 0.6) is 0 Å². The molecule has 2 N–H and O–H groups in total. The SMILES string of the molecule is CC(C)c1cc(Cl)cnc1C(=O)Cc1ccc(F)c([C@@]2(C(F)F)N=C(N)O[C@@H]3C[C@@H]32)c1. The zero-order valence-electron chi connectivity index (χ0n) is 16.9. The molecule has 0 spiro atoms. The molecule has 4 rings (SSSR count). The van der Waals surface area contributed by atoms with Crippen molar-refractivity contribution in [3.05, 3.63) is 63.7 Å². The van der Waals surface area contributed by atoms with Gasteiger partial charge in [-0.2, -0.15) is 0 Å². The first-order chi connectivity index (χ1) is 14.6. The Balaban J connectivity index is 1.71. The summed E-state index contributed by atoms with van der Waals surface area (Å²) in [7, 11) is 0. The summed E-state index contributed by atoms with van der Waals surface area (Å²) in [6.07, 6.45) is -1.94. The summed E-state index contributed by atoms with van der Waals surface area (Å²) in [4.78, 5) is 21.0. The molecule has 0 unspecified atom stereocenters. The van der Waals surface area contributed by atoms with Gasteiger partial charge < -0.3 is 10.5 Å². The van der Waals surface area contributed by atoms with E-state index in [-0.39, 0.29) is 35.4 Å². The third kappa shape index (κ3) is 3.78. The number of nitrogens with two attached hydrogens (primary N) is 1. The van der Waals surface area contributed by atoms with Crippen molar-refractivity contribution in [1.82, 2.24) is 4.98 Å². The maximum atomic E-state index is 14.8. The summed E-state index contributed by atoms with van der Waals surface area (Å²) in [5, 5.41) is 0.414. The van der Waals surface area contributed by atoms with Gasteiger partial charge in [-0.1, -0.05) is 31.5 Å². The van der Waals surface area contributed by atoms with Gasteiger partial charge in [0.2, 0.25) is 0 Å². The maximum absolute atomic E-state index is 14.8. The van der Waals surface area contributed by atoms with Crippen LogP contribution in [0, 0.1) is 11.7 Å². The summed E-state index contributed by atoms with van der Waals surface area (Å²) in [5.74, 6) is -1.82. The molecule has 2 aliphatic rings. The molecule has 0 bridgehead atoms. The predicted molar refractivity (Wildman–Crippen MR) is 110 cm³/mol. The van der Waals surface area contributed by atoms with E-state index in [1.165, 1.54) is 18.3 Å². The lowest BCUT2D eigenvalue weighted by Crippen LogP contribution is -2.43. The molecular weight excluding hydrogens is 431 g/mol. The normalized spacial score (nSPS) is 24.6. The summed E-state index contributed by atoms with van der Waals surface area (Å²) >= 11 is 6.01. The van der Waals surface area contributed by atoms with Gasteiger partial charge in [0, 0.05) is 24.1 Å². The van der Waals surface area contributed by atoms with Crippen LogP contribution in [0.15, 0.2) is 35.5 Å². The molecular formula is C22H21ClF3N3O2. The third-order valence-corrected chi connectivity index (χ3v) is 6.00. The summed E-state index contributed by atoms with van der Waals surface area (Å²) in [6.45, 7) is 3.82. The van der Waals surface area contributed by atoms with Crippen LogP contribution in [0.3, 0.4) is 0 Å². The average Bonchev–Trinajstić information content (AvgIpc) is 3.48. The minimum absolute atomic E-state index is 0.00221. The van der Waals surface area contributed by atoms with Crippen LogP contribution in [0.25, 0.3) is 0 Å². The molecule has 1 aliphatic carbocycles. The minimum atomic E-state index is -2.99. The number of halogens is 4. The van der Waals surface area contributed by atoms with Gasteiger partial charge in [-0.15, -0.1) is 0 Å². The van der Waals surface area contributed by atoms with Gasteiger partial charge in [-0.3, -0.25) is 9.78 Å². The van der Waals surface area contributed by atoms with E-state index >= 15 is 0 Å². The lowest BCUT2D eigenvalue weighted by atomic mass is 9.83. The second-order valence-corrected chi connectivity index (χ2v) is 8.67. The van der Waals surface area contributed by atoms with Gasteiger partial charge in [0.25, 0.3) is 12.4 Å². The molecule has 2 heterocycles. The average molecular weight is 452 g/mol. The fraction of sp³-hybridized carbons (Fsp3) is 0.409. The third-order valence-electron chi connectivity index (χ3n) is 5.79. The van der Waals surface area contributed by atoms with Gasteiger partial charge in [-0.25, -0.2) is 18.2 Å². The fourth-order valence-corrected chi connectivity index (χ4v) is 4.35. The highest BCUT2D eigenvalue weighted by Gasteiger charge is 2.64. The Hall–Kier alpha value is -2.61. The Labute approximate surface area is 182 Å². The van der Waals surface area contributed by atoms with Gasteiger partial charge in [0.1, 0.15) is 17.6 Å². The Morgan fingerprint density at radius 2 is 2.10 bits per heavy atom. The van der Waals surface area contributed by atoms with E-state index < -0.39 is 29.8 Å². The number of carbonyl (C=O) groups is 1. The molecule has 1 fully saturated rings. The Morgan fingerprint density at radius 3 is 2.77 bits per heavy atom. The summed E-state index contributed by atoms with van der Waals surface area (Å²) in [6, 6.07) is 5.06. The van der Waals surface area contributed by atoms with Crippen LogP contribution in [0.1, 0.15) is 53.4 Å². The highest BCUT2D eigenvalue weighted by molar-refractivity contribution is 6.30. The highest BCUT2D eigenvalue weighted by Crippen LogP contribution is 2.56. The smallest absolute Gasteiger partial charge is 0.283 e. The molecule has 31 heavy (non-hydrogen) atoms. The number of rotatable bonds is 6. The topological polar surface area (TPSA) is 77.6 Å². The molecule has 164 valence electrons. The quantitative estimate of drug-likeness (QED) is 0.650. The van der Waals surface area contributed by atoms with E-state index in [0.717, 1.165) is 6.07 Å². The minimum Gasteiger partial charge on any atom is -0.462 e. The molecule has 1 aromatic heterocycles. The van der Waals surface area contributed by atoms with Gasteiger partial charge >= 0.3 is 0 Å². The van der Waals surface area contributed by atoms with Crippen LogP contribution in [-0.2, 0) is 16.7 Å². The molecule has 3 atom stereocenters. The number of benzene rings is 1. The van der Waals surface area contributed by atoms with Crippen molar-refractivity contribution in [3.63, 3.8) is 0 Å². The Morgan fingerprint density at radius 1 is 1.35 bits per heavy atom. The number of hydrogen-bond acceptors (Lipinski definition) is 5. The van der Waals surface area contributed by atoms with Crippen molar-refractivity contribution in [2.75, 3.05) is 0 Å². The van der Waals surface area contributed by atoms with E-state index in [1.54, 1.807) is 6.07 Å². The molecule has 1 saturated carbocycles. The van der Waals surface area contributed by atoms with Crippen molar-refractivity contribution in [2.45, 2.75) is 50.7 Å². The number of aromatic nitrogens is 1. The van der Waals surface area contributed by atoms with E-state index in [0.29, 0.717) is 22.6 Å². The monoisotopic (exact) mass is 451 g/mol. The van der Waals surface area contributed by atoms with Crippen molar-refractivity contribution < 1.29 is 22.7 Å². The van der Waals surface area contributed by atoms with Gasteiger partial charge in [-0.05, 0) is 41.7 Å². The Kier molecular flexibility index (Phi) is 5.45. The zero-order valence-corrected chi connectivity index (χ0v) is 17.7. The lowest BCUT2D eigenvalue weighted by Gasteiger charge is -2.33. The van der Waals surface area contributed by atoms with Crippen LogP contribution in [0.4, 0.5) is 13.2 Å². The molecule has 0 amide bonds. The van der Waals surface area contributed by atoms with E-state index in [9.17, 15) is 18.0 Å². The number of nitrogens with zero attached hydrogens (tertiary/aromatic N) is 2. The first-order valence-electron chi connectivity index (χ1n) is 9.91. The highest BCUT2D eigenvalue weighted by atomic mass is 35.5. The molecule has 9 heteroatoms. The number of aliphatic imine (C=N–C) groups is 1. The summed E-state index contributed by atoms with van der Waals surface area (Å²) < 4.78 is 48.5. The fourth-order valence-electron chi connectivity index (χ4n) is 4.19. The number of amidine groups is 1. The molecule has 0 radical (unpaired) electrons. The van der Waals surface area contributed by atoms with Crippen LogP contribution >= 0.6 is 11.6 Å². The predicted octanol–water partition coefficient (Wildman–Crippen LogP) is 4.62. The molecule has 2 aromatic rings. The number of ether oxygens (including phenoxy) is 1. The standard InChI is InChI=1S/C22H21ClF3N3O2/c1-10(2)13-7-12(23)9-28-19(13)17(30)6-11-3-4-16(24)14(5-11)22(20(25)26)15-8-18(15)31-21(27)29-22/h3-5,7,9-10,15,18,20H,6,8H2,1-2H3,(H2,27,29)/t15-,18+,22+/m0/s1. The van der Waals surface area contributed by atoms with Crippen molar-refractivity contribution in [2.24, 2.45) is 16.6 Å². The number of carbonyl (C=O) groups excluding carboxylic acids is 1. The molecule has 5 nitrogen and oxygen atoms in total. The first kappa shape index (κ1) is 21.6. The van der Waals surface area contributed by atoms with Crippen molar-refractivity contribution in [1.29, 1.82) is 0 Å². The maximum Gasteiger partial charge on any atom is 0.283 e. The molecule has 1 aromatic carbocycles. The van der Waals surface area contributed by atoms with Crippen LogP contribution in [-0.4, -0.2) is 29.3 Å². The number of pyridine rings is 1. The van der Waals surface area contributed by atoms with Gasteiger partial charge in [0.05, 0.1) is 5.02 Å². The summed E-state index contributed by atoms with van der Waals surface area (Å²) in [5.41, 5.74) is 4.52. The number of alkyl halides is 2. The van der Waals surface area contributed by atoms with Crippen LogP contribution < -0.4 is 5.73 Å². The zero-order chi connectivity index (χ0) is 22.5. The van der Waals surface area contributed by atoms with Crippen molar-refractivity contribution >= 4 is 23.4 Å². The number of fused-ring (bicyclic) bond motifs is 1. The second kappa shape index (κ2) is 7.82. The number of ketones is 1. The molecule has 1 aliphatic heterocycles.